The zero-order valence-corrected chi connectivity index (χ0v) is 18.2. The van der Waals surface area contributed by atoms with Crippen molar-refractivity contribution in [1.82, 2.24) is 0 Å². The second kappa shape index (κ2) is 11.2. The summed E-state index contributed by atoms with van der Waals surface area (Å²) in [5.74, 6) is 0.299. The maximum absolute atomic E-state index is 13.1. The average molecular weight is 406 g/mol. The largest absolute Gasteiger partial charge is 0.493 e. The maximum atomic E-state index is 13.1. The third-order valence-electron chi connectivity index (χ3n) is 5.28. The molecule has 0 heterocycles. The minimum Gasteiger partial charge on any atom is -0.493 e. The predicted octanol–water partition coefficient (Wildman–Crippen LogP) is 4.97. The molecule has 1 saturated carbocycles. The molecule has 1 aliphatic rings. The zero-order chi connectivity index (χ0) is 21.3. The molecule has 29 heavy (non-hydrogen) atoms. The van der Waals surface area contributed by atoms with Crippen LogP contribution in [0.25, 0.3) is 0 Å². The van der Waals surface area contributed by atoms with Gasteiger partial charge < -0.3 is 19.5 Å². The molecule has 162 valence electrons. The van der Waals surface area contributed by atoms with E-state index >= 15 is 0 Å². The standard InChI is InChI=1S/C23H35NO5/c1-5-8-14-28-20-12-11-18(15-19(20)21(25)27-6-2)24-22(26)23(29-7-3)13-9-10-17(4)16-23/h11-12,15,17H,5-10,13-14,16H2,1-4H3,(H,24,26)/t17-,23-/m0/s1. The summed E-state index contributed by atoms with van der Waals surface area (Å²) in [5.41, 5.74) is 0.0497. The van der Waals surface area contributed by atoms with E-state index in [1.54, 1.807) is 25.1 Å². The Morgan fingerprint density at radius 3 is 2.66 bits per heavy atom. The summed E-state index contributed by atoms with van der Waals surface area (Å²) in [6, 6.07) is 5.10. The maximum Gasteiger partial charge on any atom is 0.341 e. The van der Waals surface area contributed by atoms with Crippen LogP contribution >= 0.6 is 0 Å². The van der Waals surface area contributed by atoms with E-state index in [0.717, 1.165) is 25.7 Å². The van der Waals surface area contributed by atoms with Crippen molar-refractivity contribution < 1.29 is 23.8 Å². The van der Waals surface area contributed by atoms with Gasteiger partial charge in [-0.15, -0.1) is 0 Å². The summed E-state index contributed by atoms with van der Waals surface area (Å²) in [7, 11) is 0. The summed E-state index contributed by atoms with van der Waals surface area (Å²) in [4.78, 5) is 25.6. The van der Waals surface area contributed by atoms with Gasteiger partial charge in [-0.25, -0.2) is 4.79 Å². The van der Waals surface area contributed by atoms with E-state index in [9.17, 15) is 9.59 Å². The minimum atomic E-state index is -0.813. The lowest BCUT2D eigenvalue weighted by molar-refractivity contribution is -0.147. The highest BCUT2D eigenvalue weighted by molar-refractivity contribution is 5.99. The number of carbonyl (C=O) groups is 2. The zero-order valence-electron chi connectivity index (χ0n) is 18.2. The molecule has 0 unspecified atom stereocenters. The summed E-state index contributed by atoms with van der Waals surface area (Å²) in [6.45, 7) is 9.19. The fourth-order valence-electron chi connectivity index (χ4n) is 3.86. The predicted molar refractivity (Wildman–Crippen MR) is 113 cm³/mol. The highest BCUT2D eigenvalue weighted by atomic mass is 16.5. The second-order valence-corrected chi connectivity index (χ2v) is 7.72. The third-order valence-corrected chi connectivity index (χ3v) is 5.28. The molecular weight excluding hydrogens is 370 g/mol. The van der Waals surface area contributed by atoms with Crippen molar-refractivity contribution in [3.05, 3.63) is 23.8 Å². The van der Waals surface area contributed by atoms with Gasteiger partial charge in [0.15, 0.2) is 0 Å². The molecule has 0 aromatic heterocycles. The number of esters is 1. The molecule has 0 saturated heterocycles. The molecule has 1 aromatic rings. The monoisotopic (exact) mass is 405 g/mol. The Balaban J connectivity index is 2.23. The molecule has 1 fully saturated rings. The molecule has 1 aromatic carbocycles. The molecule has 1 amide bonds. The highest BCUT2D eigenvalue weighted by Gasteiger charge is 2.42. The van der Waals surface area contributed by atoms with Crippen LogP contribution in [0.1, 0.15) is 76.6 Å². The van der Waals surface area contributed by atoms with Crippen LogP contribution in [0.4, 0.5) is 5.69 Å². The van der Waals surface area contributed by atoms with E-state index in [1.165, 1.54) is 0 Å². The van der Waals surface area contributed by atoms with Crippen LogP contribution < -0.4 is 10.1 Å². The SMILES string of the molecule is CCCCOc1ccc(NC(=O)[C@]2(OCC)CCC[C@H](C)C2)cc1C(=O)OCC. The Hall–Kier alpha value is -2.08. The number of anilines is 1. The molecule has 6 heteroatoms. The first-order valence-electron chi connectivity index (χ1n) is 10.8. The van der Waals surface area contributed by atoms with Gasteiger partial charge in [0, 0.05) is 12.3 Å². The Labute approximate surface area is 174 Å². The molecule has 1 N–H and O–H groups in total. The van der Waals surface area contributed by atoms with Gasteiger partial charge in [0.2, 0.25) is 0 Å². The smallest absolute Gasteiger partial charge is 0.341 e. The van der Waals surface area contributed by atoms with Gasteiger partial charge in [-0.05, 0) is 63.6 Å². The van der Waals surface area contributed by atoms with Gasteiger partial charge in [-0.3, -0.25) is 4.79 Å². The van der Waals surface area contributed by atoms with Crippen molar-refractivity contribution in [2.24, 2.45) is 5.92 Å². The molecule has 0 radical (unpaired) electrons. The normalized spacial score (nSPS) is 21.4. The Bertz CT molecular complexity index is 686. The molecule has 0 spiro atoms. The molecule has 2 rings (SSSR count). The van der Waals surface area contributed by atoms with Gasteiger partial charge >= 0.3 is 5.97 Å². The van der Waals surface area contributed by atoms with Gasteiger partial charge in [-0.2, -0.15) is 0 Å². The van der Waals surface area contributed by atoms with Crippen LogP contribution in [-0.2, 0) is 14.3 Å². The van der Waals surface area contributed by atoms with Crippen molar-refractivity contribution in [2.75, 3.05) is 25.1 Å². The van der Waals surface area contributed by atoms with E-state index in [-0.39, 0.29) is 12.5 Å². The van der Waals surface area contributed by atoms with Crippen LogP contribution in [-0.4, -0.2) is 37.3 Å². The second-order valence-electron chi connectivity index (χ2n) is 7.72. The first-order chi connectivity index (χ1) is 14.0. The number of ether oxygens (including phenoxy) is 3. The fraction of sp³-hybridized carbons (Fsp3) is 0.652. The first-order valence-corrected chi connectivity index (χ1v) is 10.8. The highest BCUT2D eigenvalue weighted by Crippen LogP contribution is 2.36. The molecule has 0 bridgehead atoms. The lowest BCUT2D eigenvalue weighted by Gasteiger charge is -2.38. The Morgan fingerprint density at radius 1 is 1.21 bits per heavy atom. The minimum absolute atomic E-state index is 0.152. The number of benzene rings is 1. The van der Waals surface area contributed by atoms with E-state index < -0.39 is 11.6 Å². The van der Waals surface area contributed by atoms with Crippen molar-refractivity contribution in [3.63, 3.8) is 0 Å². The number of hydrogen-bond acceptors (Lipinski definition) is 5. The fourth-order valence-corrected chi connectivity index (χ4v) is 3.86. The van der Waals surface area contributed by atoms with E-state index in [4.69, 9.17) is 14.2 Å². The molecular formula is C23H35NO5. The average Bonchev–Trinajstić information content (AvgIpc) is 2.69. The lowest BCUT2D eigenvalue weighted by atomic mass is 9.78. The van der Waals surface area contributed by atoms with E-state index in [2.05, 4.69) is 19.2 Å². The number of nitrogens with one attached hydrogen (secondary N) is 1. The van der Waals surface area contributed by atoms with E-state index in [0.29, 0.717) is 49.0 Å². The Kier molecular flexibility index (Phi) is 8.96. The molecule has 2 atom stereocenters. The van der Waals surface area contributed by atoms with Crippen LogP contribution in [0.5, 0.6) is 5.75 Å². The van der Waals surface area contributed by atoms with Crippen molar-refractivity contribution in [3.8, 4) is 5.75 Å². The summed E-state index contributed by atoms with van der Waals surface area (Å²) in [6.07, 6.45) is 5.39. The number of unbranched alkanes of at least 4 members (excludes halogenated alkanes) is 1. The number of hydrogen-bond donors (Lipinski definition) is 1. The van der Waals surface area contributed by atoms with Gasteiger partial charge in [-0.1, -0.05) is 26.7 Å². The number of carbonyl (C=O) groups excluding carboxylic acids is 2. The van der Waals surface area contributed by atoms with Gasteiger partial charge in [0.05, 0.1) is 13.2 Å². The quantitative estimate of drug-likeness (QED) is 0.440. The lowest BCUT2D eigenvalue weighted by Crippen LogP contribution is -2.48. The van der Waals surface area contributed by atoms with Gasteiger partial charge in [0.1, 0.15) is 16.9 Å². The van der Waals surface area contributed by atoms with Crippen LogP contribution in [0, 0.1) is 5.92 Å². The third kappa shape index (κ3) is 6.20. The van der Waals surface area contributed by atoms with Gasteiger partial charge in [0.25, 0.3) is 5.91 Å². The first kappa shape index (κ1) is 23.2. The van der Waals surface area contributed by atoms with Crippen LogP contribution in [0.3, 0.4) is 0 Å². The number of rotatable bonds is 10. The topological polar surface area (TPSA) is 73.9 Å². The van der Waals surface area contributed by atoms with Crippen molar-refractivity contribution in [2.45, 2.75) is 71.8 Å². The van der Waals surface area contributed by atoms with Crippen LogP contribution in [0.15, 0.2) is 18.2 Å². The number of amides is 1. The van der Waals surface area contributed by atoms with Crippen molar-refractivity contribution in [1.29, 1.82) is 0 Å². The van der Waals surface area contributed by atoms with Crippen LogP contribution in [0.2, 0.25) is 0 Å². The summed E-state index contributed by atoms with van der Waals surface area (Å²) >= 11 is 0. The Morgan fingerprint density at radius 2 is 2.00 bits per heavy atom. The summed E-state index contributed by atoms with van der Waals surface area (Å²) < 4.78 is 16.9. The molecule has 1 aliphatic carbocycles. The van der Waals surface area contributed by atoms with Crippen molar-refractivity contribution >= 4 is 17.6 Å². The summed E-state index contributed by atoms with van der Waals surface area (Å²) in [5, 5.41) is 2.96. The molecule has 0 aliphatic heterocycles. The molecule has 6 nitrogen and oxygen atoms in total. The van der Waals surface area contributed by atoms with E-state index in [1.807, 2.05) is 6.92 Å².